The quantitative estimate of drug-likeness (QED) is 0.909. The van der Waals surface area contributed by atoms with Crippen molar-refractivity contribution in [3.05, 3.63) is 24.3 Å². The highest BCUT2D eigenvalue weighted by molar-refractivity contribution is 5.95. The van der Waals surface area contributed by atoms with E-state index in [1.165, 1.54) is 19.3 Å². The second-order valence-corrected chi connectivity index (χ2v) is 6.81. The number of nitrogens with one attached hydrogen (secondary N) is 1. The molecule has 21 heavy (non-hydrogen) atoms. The number of nitrogens with zero attached hydrogens (tertiary/aromatic N) is 1. The molecule has 0 radical (unpaired) electrons. The summed E-state index contributed by atoms with van der Waals surface area (Å²) in [7, 11) is 0. The zero-order valence-corrected chi connectivity index (χ0v) is 13.1. The van der Waals surface area contributed by atoms with Gasteiger partial charge in [-0.25, -0.2) is 0 Å². The van der Waals surface area contributed by atoms with Crippen molar-refractivity contribution in [1.82, 2.24) is 0 Å². The van der Waals surface area contributed by atoms with Crippen LogP contribution in [0.3, 0.4) is 0 Å². The maximum Gasteiger partial charge on any atom is 0.227 e. The van der Waals surface area contributed by atoms with Crippen LogP contribution in [0.25, 0.3) is 0 Å². The third kappa shape index (κ3) is 3.22. The molecule has 1 saturated heterocycles. The second-order valence-electron chi connectivity index (χ2n) is 6.81. The van der Waals surface area contributed by atoms with Crippen LogP contribution >= 0.6 is 0 Å². The summed E-state index contributed by atoms with van der Waals surface area (Å²) < 4.78 is 0. The van der Waals surface area contributed by atoms with Gasteiger partial charge in [0.05, 0.1) is 0 Å². The molecule has 1 N–H and O–H groups in total. The molecular weight excluding hydrogens is 260 g/mol. The molecule has 3 atom stereocenters. The van der Waals surface area contributed by atoms with Gasteiger partial charge in [0.2, 0.25) is 5.91 Å². The van der Waals surface area contributed by atoms with Crippen molar-refractivity contribution >= 4 is 17.3 Å². The van der Waals surface area contributed by atoms with E-state index in [0.717, 1.165) is 36.2 Å². The van der Waals surface area contributed by atoms with Crippen molar-refractivity contribution in [3.63, 3.8) is 0 Å². The smallest absolute Gasteiger partial charge is 0.227 e. The summed E-state index contributed by atoms with van der Waals surface area (Å²) in [6.07, 6.45) is 5.47. The van der Waals surface area contributed by atoms with Gasteiger partial charge in [-0.15, -0.1) is 0 Å². The second kappa shape index (κ2) is 6.08. The fourth-order valence-corrected chi connectivity index (χ4v) is 3.60. The van der Waals surface area contributed by atoms with E-state index in [4.69, 9.17) is 0 Å². The Labute approximate surface area is 127 Å². The Morgan fingerprint density at radius 3 is 2.76 bits per heavy atom. The van der Waals surface area contributed by atoms with Crippen LogP contribution in [0, 0.1) is 11.8 Å². The van der Waals surface area contributed by atoms with Gasteiger partial charge in [0, 0.05) is 30.4 Å². The number of amides is 1. The molecule has 0 spiro atoms. The fraction of sp³-hybridized carbons (Fsp3) is 0.611. The number of carbonyl (C=O) groups excluding carboxylic acids is 1. The first kappa shape index (κ1) is 14.4. The minimum Gasteiger partial charge on any atom is -0.382 e. The van der Waals surface area contributed by atoms with Crippen LogP contribution < -0.4 is 10.2 Å². The van der Waals surface area contributed by atoms with Crippen LogP contribution in [-0.2, 0) is 4.79 Å². The van der Waals surface area contributed by atoms with Crippen LogP contribution in [0.5, 0.6) is 0 Å². The summed E-state index contributed by atoms with van der Waals surface area (Å²) in [5.41, 5.74) is 2.19. The van der Waals surface area contributed by atoms with E-state index in [1.807, 2.05) is 11.0 Å². The van der Waals surface area contributed by atoms with Gasteiger partial charge in [0.25, 0.3) is 0 Å². The van der Waals surface area contributed by atoms with E-state index >= 15 is 0 Å². The Balaban J connectivity index is 1.67. The van der Waals surface area contributed by atoms with Crippen molar-refractivity contribution in [2.75, 3.05) is 16.8 Å². The van der Waals surface area contributed by atoms with Crippen LogP contribution in [0.4, 0.5) is 11.4 Å². The number of benzene rings is 1. The average molecular weight is 286 g/mol. The molecular formula is C18H26N2O. The summed E-state index contributed by atoms with van der Waals surface area (Å²) in [6, 6.07) is 8.91. The first-order valence-corrected chi connectivity index (χ1v) is 8.30. The van der Waals surface area contributed by atoms with Crippen molar-refractivity contribution in [1.29, 1.82) is 0 Å². The predicted octanol–water partition coefficient (Wildman–Crippen LogP) is 4.05. The molecule has 0 bridgehead atoms. The van der Waals surface area contributed by atoms with Gasteiger partial charge in [-0.3, -0.25) is 4.79 Å². The molecule has 1 amide bonds. The van der Waals surface area contributed by atoms with E-state index in [1.54, 1.807) is 0 Å². The molecule has 2 aliphatic rings. The molecule has 1 aromatic carbocycles. The summed E-state index contributed by atoms with van der Waals surface area (Å²) >= 11 is 0. The third-order valence-electron chi connectivity index (χ3n) is 5.20. The molecule has 0 aromatic heterocycles. The Kier molecular flexibility index (Phi) is 4.18. The summed E-state index contributed by atoms with van der Waals surface area (Å²) in [6.45, 7) is 5.58. The minimum absolute atomic E-state index is 0.257. The number of anilines is 2. The fourth-order valence-electron chi connectivity index (χ4n) is 3.60. The van der Waals surface area contributed by atoms with E-state index < -0.39 is 0 Å². The Hall–Kier alpha value is -1.51. The van der Waals surface area contributed by atoms with E-state index in [2.05, 4.69) is 37.4 Å². The largest absolute Gasteiger partial charge is 0.382 e. The lowest BCUT2D eigenvalue weighted by atomic mass is 9.79. The van der Waals surface area contributed by atoms with Crippen LogP contribution in [0.1, 0.15) is 46.0 Å². The van der Waals surface area contributed by atoms with Gasteiger partial charge in [0.15, 0.2) is 0 Å². The van der Waals surface area contributed by atoms with Crippen LogP contribution in [-0.4, -0.2) is 18.5 Å². The Morgan fingerprint density at radius 2 is 2.05 bits per heavy atom. The number of hydrogen-bond acceptors (Lipinski definition) is 2. The summed E-state index contributed by atoms with van der Waals surface area (Å²) in [5, 5.41) is 3.67. The van der Waals surface area contributed by atoms with E-state index in [9.17, 15) is 4.79 Å². The molecule has 3 nitrogen and oxygen atoms in total. The first-order chi connectivity index (χ1) is 10.1. The lowest BCUT2D eigenvalue weighted by Gasteiger charge is -2.33. The van der Waals surface area contributed by atoms with Gasteiger partial charge in [0.1, 0.15) is 0 Å². The number of hydrogen-bond donors (Lipinski definition) is 1. The first-order valence-electron chi connectivity index (χ1n) is 8.30. The predicted molar refractivity (Wildman–Crippen MR) is 87.6 cm³/mol. The molecule has 2 fully saturated rings. The van der Waals surface area contributed by atoms with Crippen molar-refractivity contribution in [2.45, 2.75) is 52.0 Å². The SMILES string of the molecule is CC1CCC(Nc2cccc(N3CCCC3=O)c2)CC1C. The molecule has 1 heterocycles. The normalized spacial score (nSPS) is 29.7. The molecule has 1 saturated carbocycles. The zero-order valence-electron chi connectivity index (χ0n) is 13.1. The van der Waals surface area contributed by atoms with E-state index in [0.29, 0.717) is 12.5 Å². The molecule has 1 aliphatic carbocycles. The van der Waals surface area contributed by atoms with Gasteiger partial charge >= 0.3 is 0 Å². The number of rotatable bonds is 3. The maximum absolute atomic E-state index is 11.9. The molecule has 3 heteroatoms. The lowest BCUT2D eigenvalue weighted by molar-refractivity contribution is -0.117. The minimum atomic E-state index is 0.257. The summed E-state index contributed by atoms with van der Waals surface area (Å²) in [5.74, 6) is 1.89. The topological polar surface area (TPSA) is 32.3 Å². The van der Waals surface area contributed by atoms with Gasteiger partial charge in [-0.2, -0.15) is 0 Å². The van der Waals surface area contributed by atoms with Gasteiger partial charge < -0.3 is 10.2 Å². The molecule has 3 rings (SSSR count). The summed E-state index contributed by atoms with van der Waals surface area (Å²) in [4.78, 5) is 13.8. The van der Waals surface area contributed by atoms with E-state index in [-0.39, 0.29) is 5.91 Å². The monoisotopic (exact) mass is 286 g/mol. The highest BCUT2D eigenvalue weighted by atomic mass is 16.2. The molecule has 3 unspecified atom stereocenters. The molecule has 1 aliphatic heterocycles. The third-order valence-corrected chi connectivity index (χ3v) is 5.20. The highest BCUT2D eigenvalue weighted by Crippen LogP contribution is 2.32. The average Bonchev–Trinajstić information content (AvgIpc) is 2.89. The lowest BCUT2D eigenvalue weighted by Crippen LogP contribution is -2.30. The maximum atomic E-state index is 11.9. The molecule has 114 valence electrons. The van der Waals surface area contributed by atoms with Gasteiger partial charge in [-0.1, -0.05) is 19.9 Å². The Bertz CT molecular complexity index is 514. The number of carbonyl (C=O) groups is 1. The van der Waals surface area contributed by atoms with Crippen molar-refractivity contribution in [3.8, 4) is 0 Å². The van der Waals surface area contributed by atoms with Crippen LogP contribution in [0.2, 0.25) is 0 Å². The highest BCUT2D eigenvalue weighted by Gasteiger charge is 2.25. The van der Waals surface area contributed by atoms with Crippen LogP contribution in [0.15, 0.2) is 24.3 Å². The standard InChI is InChI=1S/C18H26N2O/c1-13-8-9-16(11-14(13)2)19-15-5-3-6-17(12-15)20-10-4-7-18(20)21/h3,5-6,12-14,16,19H,4,7-11H2,1-2H3. The Morgan fingerprint density at radius 1 is 1.19 bits per heavy atom. The van der Waals surface area contributed by atoms with Crippen molar-refractivity contribution in [2.24, 2.45) is 11.8 Å². The van der Waals surface area contributed by atoms with Crippen molar-refractivity contribution < 1.29 is 4.79 Å². The molecule has 1 aromatic rings. The zero-order chi connectivity index (χ0) is 14.8. The van der Waals surface area contributed by atoms with Gasteiger partial charge in [-0.05, 0) is 55.7 Å².